The number of hydrogen-bond acceptors (Lipinski definition) is 8. The number of likely N-dealkylation sites (tertiary alicyclic amines) is 1. The van der Waals surface area contributed by atoms with Gasteiger partial charge in [0.1, 0.15) is 0 Å². The van der Waals surface area contributed by atoms with Crippen LogP contribution in [0.2, 0.25) is 0 Å². The number of benzene rings is 1. The van der Waals surface area contributed by atoms with Gasteiger partial charge in [-0.15, -0.1) is 11.3 Å². The van der Waals surface area contributed by atoms with Gasteiger partial charge < -0.3 is 14.0 Å². The molecule has 2 aromatic heterocycles. The molecule has 0 radical (unpaired) electrons. The van der Waals surface area contributed by atoms with E-state index >= 15 is 0 Å². The molecule has 4 heterocycles. The van der Waals surface area contributed by atoms with E-state index in [-0.39, 0.29) is 18.5 Å². The Labute approximate surface area is 165 Å². The lowest BCUT2D eigenvalue weighted by Gasteiger charge is -2.30. The lowest BCUT2D eigenvalue weighted by Crippen LogP contribution is -2.38. The molecule has 0 saturated carbocycles. The first kappa shape index (κ1) is 17.4. The van der Waals surface area contributed by atoms with Crippen molar-refractivity contribution in [2.24, 2.45) is 5.92 Å². The van der Waals surface area contributed by atoms with E-state index in [0.717, 1.165) is 42.1 Å². The molecule has 1 saturated heterocycles. The number of hydrogen-bond donors (Lipinski definition) is 0. The topological polar surface area (TPSA) is 77.7 Å². The quantitative estimate of drug-likeness (QED) is 0.609. The van der Waals surface area contributed by atoms with Crippen LogP contribution < -0.4 is 9.47 Å². The largest absolute Gasteiger partial charge is 0.454 e. The highest BCUT2D eigenvalue weighted by molar-refractivity contribution is 7.12. The van der Waals surface area contributed by atoms with E-state index in [1.54, 1.807) is 0 Å². The minimum absolute atomic E-state index is 0.0312. The number of ketones is 1. The van der Waals surface area contributed by atoms with E-state index in [1.807, 2.05) is 35.7 Å². The maximum Gasteiger partial charge on any atom is 0.241 e. The van der Waals surface area contributed by atoms with Crippen molar-refractivity contribution < 1.29 is 18.8 Å². The molecule has 1 unspecified atom stereocenters. The first-order valence-corrected chi connectivity index (χ1v) is 10.2. The van der Waals surface area contributed by atoms with E-state index in [1.165, 1.54) is 11.3 Å². The van der Waals surface area contributed by atoms with Crippen LogP contribution in [0.3, 0.4) is 0 Å². The van der Waals surface area contributed by atoms with Crippen LogP contribution in [0.15, 0.2) is 40.2 Å². The Kier molecular flexibility index (Phi) is 4.58. The Hall–Kier alpha value is -2.71. The summed E-state index contributed by atoms with van der Waals surface area (Å²) in [6.45, 7) is 2.43. The van der Waals surface area contributed by atoms with Crippen molar-refractivity contribution in [1.29, 1.82) is 0 Å². The number of ether oxygens (including phenoxy) is 2. The lowest BCUT2D eigenvalue weighted by molar-refractivity contribution is 0.0801. The van der Waals surface area contributed by atoms with Gasteiger partial charge in [0.15, 0.2) is 17.3 Å². The van der Waals surface area contributed by atoms with Crippen LogP contribution in [-0.2, 0) is 6.54 Å². The summed E-state index contributed by atoms with van der Waals surface area (Å²) in [7, 11) is 0. The number of rotatable bonds is 5. The number of Topliss-reactive ketones (excluding diaryl/α,β-unsaturated/α-hetero) is 1. The van der Waals surface area contributed by atoms with Gasteiger partial charge >= 0.3 is 0 Å². The molecule has 7 nitrogen and oxygen atoms in total. The van der Waals surface area contributed by atoms with Crippen molar-refractivity contribution in [3.63, 3.8) is 0 Å². The summed E-state index contributed by atoms with van der Waals surface area (Å²) in [4.78, 5) is 20.2. The predicted molar refractivity (Wildman–Crippen MR) is 103 cm³/mol. The zero-order chi connectivity index (χ0) is 18.9. The fraction of sp³-hybridized carbons (Fsp3) is 0.350. The van der Waals surface area contributed by atoms with Gasteiger partial charge in [0.2, 0.25) is 18.5 Å². The van der Waals surface area contributed by atoms with Gasteiger partial charge in [0.05, 0.1) is 11.4 Å². The summed E-state index contributed by atoms with van der Waals surface area (Å²) in [6.07, 6.45) is 1.92. The zero-order valence-corrected chi connectivity index (χ0v) is 16.0. The molecule has 28 heavy (non-hydrogen) atoms. The highest BCUT2D eigenvalue weighted by Gasteiger charge is 2.28. The van der Waals surface area contributed by atoms with E-state index < -0.39 is 0 Å². The summed E-state index contributed by atoms with van der Waals surface area (Å²) in [5.74, 6) is 2.76. The molecule has 5 rings (SSSR count). The zero-order valence-electron chi connectivity index (χ0n) is 15.2. The van der Waals surface area contributed by atoms with Gasteiger partial charge in [-0.1, -0.05) is 11.2 Å². The van der Waals surface area contributed by atoms with Crippen LogP contribution in [0.4, 0.5) is 0 Å². The molecule has 8 heteroatoms. The molecule has 1 atom stereocenters. The maximum absolute atomic E-state index is 12.7. The standard InChI is InChI=1S/C20H19N3O4S/c24-19(17-4-2-8-28-17)14-3-1-7-23(10-14)11-18-21-20(22-27-18)13-5-6-15-16(9-13)26-12-25-15/h2,4-6,8-9,14H,1,3,7,10-12H2. The molecule has 2 aliphatic heterocycles. The van der Waals surface area contributed by atoms with Crippen molar-refractivity contribution in [3.05, 3.63) is 46.5 Å². The van der Waals surface area contributed by atoms with Crippen molar-refractivity contribution >= 4 is 17.1 Å². The number of aromatic nitrogens is 2. The Balaban J connectivity index is 1.26. The third-order valence-electron chi connectivity index (χ3n) is 5.10. The maximum atomic E-state index is 12.7. The average Bonchev–Trinajstić information content (AvgIpc) is 3.48. The Bertz CT molecular complexity index is 985. The van der Waals surface area contributed by atoms with E-state index in [9.17, 15) is 4.79 Å². The first-order valence-electron chi connectivity index (χ1n) is 9.29. The molecule has 0 spiro atoms. The Morgan fingerprint density at radius 1 is 1.25 bits per heavy atom. The molecule has 0 bridgehead atoms. The second-order valence-electron chi connectivity index (χ2n) is 7.00. The van der Waals surface area contributed by atoms with E-state index in [2.05, 4.69) is 15.0 Å². The molecule has 0 aliphatic carbocycles. The third-order valence-corrected chi connectivity index (χ3v) is 5.98. The second kappa shape index (κ2) is 7.37. The monoisotopic (exact) mass is 397 g/mol. The number of piperidine rings is 1. The third kappa shape index (κ3) is 3.41. The lowest BCUT2D eigenvalue weighted by atomic mass is 9.93. The summed E-state index contributed by atoms with van der Waals surface area (Å²) < 4.78 is 16.2. The summed E-state index contributed by atoms with van der Waals surface area (Å²) in [6, 6.07) is 9.42. The van der Waals surface area contributed by atoms with Crippen molar-refractivity contribution in [3.8, 4) is 22.9 Å². The number of carbonyl (C=O) groups excluding carboxylic acids is 1. The number of nitrogens with zero attached hydrogens (tertiary/aromatic N) is 3. The molecular formula is C20H19N3O4S. The summed E-state index contributed by atoms with van der Waals surface area (Å²) in [5.41, 5.74) is 0.823. The number of carbonyl (C=O) groups is 1. The van der Waals surface area contributed by atoms with Crippen LogP contribution >= 0.6 is 11.3 Å². The highest BCUT2D eigenvalue weighted by Crippen LogP contribution is 2.35. The van der Waals surface area contributed by atoms with Gasteiger partial charge in [-0.2, -0.15) is 4.98 Å². The van der Waals surface area contributed by atoms with E-state index in [4.69, 9.17) is 14.0 Å². The molecule has 144 valence electrons. The molecule has 1 aromatic carbocycles. The van der Waals surface area contributed by atoms with Crippen molar-refractivity contribution in [2.75, 3.05) is 19.9 Å². The molecule has 2 aliphatic rings. The fourth-order valence-corrected chi connectivity index (χ4v) is 4.44. The second-order valence-corrected chi connectivity index (χ2v) is 7.94. The van der Waals surface area contributed by atoms with Crippen LogP contribution in [0, 0.1) is 5.92 Å². The Morgan fingerprint density at radius 3 is 3.07 bits per heavy atom. The minimum Gasteiger partial charge on any atom is -0.454 e. The van der Waals surface area contributed by atoms with Crippen LogP contribution in [0.5, 0.6) is 11.5 Å². The minimum atomic E-state index is 0.0312. The van der Waals surface area contributed by atoms with Gasteiger partial charge in [-0.3, -0.25) is 9.69 Å². The number of fused-ring (bicyclic) bond motifs is 1. The smallest absolute Gasteiger partial charge is 0.241 e. The van der Waals surface area contributed by atoms with Crippen LogP contribution in [0.25, 0.3) is 11.4 Å². The van der Waals surface area contributed by atoms with Gasteiger partial charge in [-0.25, -0.2) is 0 Å². The van der Waals surface area contributed by atoms with Crippen molar-refractivity contribution in [1.82, 2.24) is 15.0 Å². The van der Waals surface area contributed by atoms with Gasteiger partial charge in [0, 0.05) is 18.0 Å². The highest BCUT2D eigenvalue weighted by atomic mass is 32.1. The molecule has 0 N–H and O–H groups in total. The fourth-order valence-electron chi connectivity index (χ4n) is 3.70. The normalized spacial score (nSPS) is 19.1. The number of thiophene rings is 1. The summed E-state index contributed by atoms with van der Waals surface area (Å²) in [5, 5.41) is 6.05. The molecule has 3 aromatic rings. The summed E-state index contributed by atoms with van der Waals surface area (Å²) >= 11 is 1.51. The molecular weight excluding hydrogens is 378 g/mol. The van der Waals surface area contributed by atoms with Crippen molar-refractivity contribution in [2.45, 2.75) is 19.4 Å². The molecule has 0 amide bonds. The van der Waals surface area contributed by atoms with Crippen LogP contribution in [0.1, 0.15) is 28.4 Å². The van der Waals surface area contributed by atoms with E-state index in [0.29, 0.717) is 24.0 Å². The predicted octanol–water partition coefficient (Wildman–Crippen LogP) is 3.62. The average molecular weight is 397 g/mol. The van der Waals surface area contributed by atoms with Gasteiger partial charge in [0.25, 0.3) is 0 Å². The molecule has 1 fully saturated rings. The Morgan fingerprint density at radius 2 is 2.18 bits per heavy atom. The SMILES string of the molecule is O=C(c1cccs1)C1CCCN(Cc2nc(-c3ccc4c(c3)OCO4)no2)C1. The first-order chi connectivity index (χ1) is 13.8. The van der Waals surface area contributed by atoms with Gasteiger partial charge in [-0.05, 0) is 49.0 Å². The van der Waals surface area contributed by atoms with Crippen LogP contribution in [-0.4, -0.2) is 40.7 Å².